The van der Waals surface area contributed by atoms with Gasteiger partial charge in [0.25, 0.3) is 0 Å². The van der Waals surface area contributed by atoms with Crippen molar-refractivity contribution in [2.45, 2.75) is 51.2 Å². The van der Waals surface area contributed by atoms with Gasteiger partial charge in [-0.15, -0.1) is 0 Å². The molecule has 1 amide bonds. The number of carbonyl (C=O) groups excluding carboxylic acids is 1. The standard InChI is InChI=1S/C16H23NO3/c1-2-20-12-13-7-3-4-8-14(13)17-15(18)11-16(19)9-5-6-10-16/h3-4,7-8,19H,2,5-6,9-12H2,1H3,(H,17,18). The number of carbonyl (C=O) groups is 1. The highest BCUT2D eigenvalue weighted by Crippen LogP contribution is 2.32. The third kappa shape index (κ3) is 4.05. The Hall–Kier alpha value is -1.39. The largest absolute Gasteiger partial charge is 0.389 e. The van der Waals surface area contributed by atoms with E-state index in [0.717, 1.165) is 36.9 Å². The van der Waals surface area contributed by atoms with Gasteiger partial charge in [0, 0.05) is 17.9 Å². The van der Waals surface area contributed by atoms with Crippen molar-refractivity contribution < 1.29 is 14.6 Å². The predicted octanol–water partition coefficient (Wildman–Crippen LogP) is 2.86. The Morgan fingerprint density at radius 2 is 2.05 bits per heavy atom. The molecule has 0 heterocycles. The number of para-hydroxylation sites is 1. The number of aliphatic hydroxyl groups is 1. The number of rotatable bonds is 6. The van der Waals surface area contributed by atoms with Crippen LogP contribution in [0.5, 0.6) is 0 Å². The Morgan fingerprint density at radius 3 is 2.75 bits per heavy atom. The topological polar surface area (TPSA) is 58.6 Å². The van der Waals surface area contributed by atoms with E-state index in [9.17, 15) is 9.90 Å². The van der Waals surface area contributed by atoms with Crippen molar-refractivity contribution in [2.24, 2.45) is 0 Å². The maximum Gasteiger partial charge on any atom is 0.227 e. The van der Waals surface area contributed by atoms with Crippen LogP contribution in [0.3, 0.4) is 0 Å². The summed E-state index contributed by atoms with van der Waals surface area (Å²) in [6, 6.07) is 7.62. The van der Waals surface area contributed by atoms with Crippen molar-refractivity contribution in [2.75, 3.05) is 11.9 Å². The zero-order valence-corrected chi connectivity index (χ0v) is 12.0. The lowest BCUT2D eigenvalue weighted by Gasteiger charge is -2.21. The molecule has 1 aromatic carbocycles. The zero-order valence-electron chi connectivity index (χ0n) is 12.0. The number of ether oxygens (including phenoxy) is 1. The molecular formula is C16H23NO3. The fourth-order valence-corrected chi connectivity index (χ4v) is 2.68. The van der Waals surface area contributed by atoms with Gasteiger partial charge in [-0.3, -0.25) is 4.79 Å². The summed E-state index contributed by atoms with van der Waals surface area (Å²) in [4.78, 5) is 12.1. The highest BCUT2D eigenvalue weighted by Gasteiger charge is 2.33. The summed E-state index contributed by atoms with van der Waals surface area (Å²) in [6.45, 7) is 3.07. The minimum absolute atomic E-state index is 0.127. The van der Waals surface area contributed by atoms with Gasteiger partial charge in [0.1, 0.15) is 0 Å². The number of benzene rings is 1. The van der Waals surface area contributed by atoms with Gasteiger partial charge in [0.05, 0.1) is 18.6 Å². The summed E-state index contributed by atoms with van der Waals surface area (Å²) in [5.74, 6) is -0.127. The maximum absolute atomic E-state index is 12.1. The lowest BCUT2D eigenvalue weighted by molar-refractivity contribution is -0.120. The van der Waals surface area contributed by atoms with Crippen molar-refractivity contribution >= 4 is 11.6 Å². The third-order valence-corrected chi connectivity index (χ3v) is 3.78. The van der Waals surface area contributed by atoms with E-state index in [0.29, 0.717) is 13.2 Å². The lowest BCUT2D eigenvalue weighted by atomic mass is 9.97. The molecule has 4 nitrogen and oxygen atoms in total. The van der Waals surface area contributed by atoms with E-state index in [2.05, 4.69) is 5.32 Å². The van der Waals surface area contributed by atoms with Crippen LogP contribution in [-0.2, 0) is 16.1 Å². The number of anilines is 1. The van der Waals surface area contributed by atoms with E-state index >= 15 is 0 Å². The van der Waals surface area contributed by atoms with E-state index in [1.54, 1.807) is 0 Å². The van der Waals surface area contributed by atoms with Crippen molar-refractivity contribution in [3.63, 3.8) is 0 Å². The first-order valence-corrected chi connectivity index (χ1v) is 7.31. The van der Waals surface area contributed by atoms with Gasteiger partial charge in [-0.25, -0.2) is 0 Å². The van der Waals surface area contributed by atoms with E-state index < -0.39 is 5.60 Å². The van der Waals surface area contributed by atoms with Gasteiger partial charge in [-0.05, 0) is 25.8 Å². The number of amides is 1. The van der Waals surface area contributed by atoms with E-state index in [1.165, 1.54) is 0 Å². The molecule has 0 radical (unpaired) electrons. The van der Waals surface area contributed by atoms with Crippen LogP contribution in [-0.4, -0.2) is 23.2 Å². The van der Waals surface area contributed by atoms with Crippen LogP contribution in [0, 0.1) is 0 Å². The molecule has 2 N–H and O–H groups in total. The van der Waals surface area contributed by atoms with Crippen LogP contribution in [0.25, 0.3) is 0 Å². The van der Waals surface area contributed by atoms with Crippen molar-refractivity contribution in [3.05, 3.63) is 29.8 Å². The molecule has 0 aromatic heterocycles. The predicted molar refractivity (Wildman–Crippen MR) is 78.4 cm³/mol. The molecule has 1 aliphatic carbocycles. The average molecular weight is 277 g/mol. The number of hydrogen-bond acceptors (Lipinski definition) is 3. The molecule has 0 aliphatic heterocycles. The minimum atomic E-state index is -0.807. The Bertz CT molecular complexity index is 453. The molecule has 0 saturated heterocycles. The van der Waals surface area contributed by atoms with E-state index in [-0.39, 0.29) is 12.3 Å². The highest BCUT2D eigenvalue weighted by molar-refractivity contribution is 5.92. The Morgan fingerprint density at radius 1 is 1.35 bits per heavy atom. The zero-order chi connectivity index (χ0) is 14.4. The van der Waals surface area contributed by atoms with Gasteiger partial charge in [0.2, 0.25) is 5.91 Å². The van der Waals surface area contributed by atoms with Crippen LogP contribution >= 0.6 is 0 Å². The number of hydrogen-bond donors (Lipinski definition) is 2. The first kappa shape index (κ1) is 15.0. The molecule has 110 valence electrons. The molecule has 0 spiro atoms. The molecule has 2 rings (SSSR count). The second-order valence-electron chi connectivity index (χ2n) is 5.45. The Labute approximate surface area is 120 Å². The maximum atomic E-state index is 12.1. The van der Waals surface area contributed by atoms with E-state index in [1.807, 2.05) is 31.2 Å². The lowest BCUT2D eigenvalue weighted by Crippen LogP contribution is -2.31. The Balaban J connectivity index is 1.96. The number of nitrogens with one attached hydrogen (secondary N) is 1. The summed E-state index contributed by atoms with van der Waals surface area (Å²) < 4.78 is 5.39. The summed E-state index contributed by atoms with van der Waals surface area (Å²) in [5, 5.41) is 13.2. The first-order valence-electron chi connectivity index (χ1n) is 7.31. The quantitative estimate of drug-likeness (QED) is 0.840. The van der Waals surface area contributed by atoms with Gasteiger partial charge >= 0.3 is 0 Å². The van der Waals surface area contributed by atoms with Crippen LogP contribution in [0.15, 0.2) is 24.3 Å². The molecular weight excluding hydrogens is 254 g/mol. The smallest absolute Gasteiger partial charge is 0.227 e. The second kappa shape index (κ2) is 6.86. The van der Waals surface area contributed by atoms with Crippen LogP contribution in [0.4, 0.5) is 5.69 Å². The molecule has 1 aromatic rings. The van der Waals surface area contributed by atoms with Crippen LogP contribution < -0.4 is 5.32 Å². The van der Waals surface area contributed by atoms with Gasteiger partial charge in [-0.2, -0.15) is 0 Å². The molecule has 1 fully saturated rings. The molecule has 0 unspecified atom stereocenters. The third-order valence-electron chi connectivity index (χ3n) is 3.78. The molecule has 0 atom stereocenters. The normalized spacial score (nSPS) is 17.1. The molecule has 1 saturated carbocycles. The van der Waals surface area contributed by atoms with Crippen LogP contribution in [0.2, 0.25) is 0 Å². The molecule has 0 bridgehead atoms. The summed E-state index contributed by atoms with van der Waals surface area (Å²) in [6.07, 6.45) is 3.63. The van der Waals surface area contributed by atoms with Crippen molar-refractivity contribution in [1.82, 2.24) is 0 Å². The second-order valence-corrected chi connectivity index (χ2v) is 5.45. The van der Waals surface area contributed by atoms with Crippen molar-refractivity contribution in [1.29, 1.82) is 0 Å². The molecule has 1 aliphatic rings. The van der Waals surface area contributed by atoms with Crippen molar-refractivity contribution in [3.8, 4) is 0 Å². The highest BCUT2D eigenvalue weighted by atomic mass is 16.5. The fourth-order valence-electron chi connectivity index (χ4n) is 2.68. The summed E-state index contributed by atoms with van der Waals surface area (Å²) in [5.41, 5.74) is 0.924. The summed E-state index contributed by atoms with van der Waals surface area (Å²) >= 11 is 0. The summed E-state index contributed by atoms with van der Waals surface area (Å²) in [7, 11) is 0. The van der Waals surface area contributed by atoms with E-state index in [4.69, 9.17) is 4.74 Å². The van der Waals surface area contributed by atoms with Gasteiger partial charge < -0.3 is 15.2 Å². The monoisotopic (exact) mass is 277 g/mol. The van der Waals surface area contributed by atoms with Crippen LogP contribution in [0.1, 0.15) is 44.6 Å². The fraction of sp³-hybridized carbons (Fsp3) is 0.562. The molecule has 4 heteroatoms. The van der Waals surface area contributed by atoms with Gasteiger partial charge in [-0.1, -0.05) is 31.0 Å². The van der Waals surface area contributed by atoms with Gasteiger partial charge in [0.15, 0.2) is 0 Å². The minimum Gasteiger partial charge on any atom is -0.389 e. The SMILES string of the molecule is CCOCc1ccccc1NC(=O)CC1(O)CCCC1. The Kier molecular flexibility index (Phi) is 5.15. The first-order chi connectivity index (χ1) is 9.63. The average Bonchev–Trinajstić information content (AvgIpc) is 2.84. The molecule has 20 heavy (non-hydrogen) atoms.